The number of hydrogen-bond acceptors (Lipinski definition) is 3. The molecule has 0 aromatic heterocycles. The van der Waals surface area contributed by atoms with E-state index in [4.69, 9.17) is 0 Å². The molecule has 1 aromatic rings. The quantitative estimate of drug-likeness (QED) is 0.827. The first-order valence-corrected chi connectivity index (χ1v) is 11.4. The highest BCUT2D eigenvalue weighted by Gasteiger charge is 2.34. The predicted molar refractivity (Wildman–Crippen MR) is 103 cm³/mol. The highest BCUT2D eigenvalue weighted by molar-refractivity contribution is 7.90. The van der Waals surface area contributed by atoms with Gasteiger partial charge in [0.1, 0.15) is 0 Å². The van der Waals surface area contributed by atoms with E-state index in [1.807, 2.05) is 12.1 Å². The summed E-state index contributed by atoms with van der Waals surface area (Å²) in [4.78, 5) is 14.4. The second kappa shape index (κ2) is 8.53. The molecule has 2 aliphatic rings. The van der Waals surface area contributed by atoms with Crippen molar-refractivity contribution in [2.24, 2.45) is 0 Å². The van der Waals surface area contributed by atoms with E-state index in [1.54, 1.807) is 4.90 Å². The summed E-state index contributed by atoms with van der Waals surface area (Å²) in [7, 11) is -3.36. The van der Waals surface area contributed by atoms with Crippen molar-refractivity contribution in [2.75, 3.05) is 13.1 Å². The van der Waals surface area contributed by atoms with Crippen LogP contribution in [-0.2, 0) is 27.7 Å². The molecule has 2 fully saturated rings. The van der Waals surface area contributed by atoms with Crippen LogP contribution in [0.2, 0.25) is 0 Å². The minimum Gasteiger partial charge on any atom is -0.341 e. The second-order valence-electron chi connectivity index (χ2n) is 7.60. The Kier molecular flexibility index (Phi) is 6.35. The number of amides is 1. The van der Waals surface area contributed by atoms with Gasteiger partial charge in [0.25, 0.3) is 0 Å². The van der Waals surface area contributed by atoms with Gasteiger partial charge in [-0.2, -0.15) is 0 Å². The fourth-order valence-electron chi connectivity index (χ4n) is 3.97. The second-order valence-corrected chi connectivity index (χ2v) is 9.59. The Morgan fingerprint density at radius 2 is 1.73 bits per heavy atom. The van der Waals surface area contributed by atoms with Gasteiger partial charge in [0.2, 0.25) is 15.9 Å². The third-order valence-electron chi connectivity index (χ3n) is 5.64. The Morgan fingerprint density at radius 1 is 1.08 bits per heavy atom. The monoisotopic (exact) mass is 378 g/mol. The molecule has 1 N–H and O–H groups in total. The Hall–Kier alpha value is -1.40. The average Bonchev–Trinajstić information content (AvgIpc) is 3.15. The number of aryl methyl sites for hydroxylation is 1. The standard InChI is InChI=1S/C20H30N2O3S/c1-2-16-9-11-17(12-10-16)14-20(23)22-13-5-8-19(15-22)26(24,25)21-18-6-3-4-7-18/h9-12,18-19,21H,2-8,13-15H2,1H3. The molecule has 1 aliphatic carbocycles. The molecule has 1 aromatic carbocycles. The van der Waals surface area contributed by atoms with E-state index in [0.29, 0.717) is 25.9 Å². The zero-order valence-corrected chi connectivity index (χ0v) is 16.4. The summed E-state index contributed by atoms with van der Waals surface area (Å²) in [6.45, 7) is 3.07. The fourth-order valence-corrected chi connectivity index (χ4v) is 5.72. The molecule has 0 spiro atoms. The zero-order valence-electron chi connectivity index (χ0n) is 15.6. The molecule has 1 atom stereocenters. The molecule has 6 heteroatoms. The van der Waals surface area contributed by atoms with Crippen molar-refractivity contribution in [1.29, 1.82) is 0 Å². The van der Waals surface area contributed by atoms with Crippen LogP contribution in [0.1, 0.15) is 56.6 Å². The van der Waals surface area contributed by atoms with Crippen molar-refractivity contribution in [3.05, 3.63) is 35.4 Å². The van der Waals surface area contributed by atoms with Crippen LogP contribution in [0.4, 0.5) is 0 Å². The first kappa shape index (κ1) is 19.4. The van der Waals surface area contributed by atoms with Crippen LogP contribution in [0.25, 0.3) is 0 Å². The molecule has 1 heterocycles. The van der Waals surface area contributed by atoms with Crippen molar-refractivity contribution in [2.45, 2.75) is 69.6 Å². The number of carbonyl (C=O) groups excluding carboxylic acids is 1. The van der Waals surface area contributed by atoms with Crippen molar-refractivity contribution >= 4 is 15.9 Å². The van der Waals surface area contributed by atoms with Crippen LogP contribution in [-0.4, -0.2) is 43.6 Å². The highest BCUT2D eigenvalue weighted by atomic mass is 32.2. The van der Waals surface area contributed by atoms with E-state index in [0.717, 1.165) is 44.1 Å². The van der Waals surface area contributed by atoms with Gasteiger partial charge in [-0.15, -0.1) is 0 Å². The van der Waals surface area contributed by atoms with Crippen LogP contribution in [0.3, 0.4) is 0 Å². The van der Waals surface area contributed by atoms with Crippen LogP contribution >= 0.6 is 0 Å². The van der Waals surface area contributed by atoms with Gasteiger partial charge in [0.05, 0.1) is 11.7 Å². The molecule has 5 nitrogen and oxygen atoms in total. The number of nitrogens with zero attached hydrogens (tertiary/aromatic N) is 1. The smallest absolute Gasteiger partial charge is 0.227 e. The summed E-state index contributed by atoms with van der Waals surface area (Å²) in [5.74, 6) is 0.0232. The lowest BCUT2D eigenvalue weighted by atomic mass is 10.1. The van der Waals surface area contributed by atoms with E-state index < -0.39 is 15.3 Å². The minimum atomic E-state index is -3.36. The SMILES string of the molecule is CCc1ccc(CC(=O)N2CCCC(S(=O)(=O)NC3CCCC3)C2)cc1. The van der Waals surface area contributed by atoms with Gasteiger partial charge in [-0.25, -0.2) is 13.1 Å². The third kappa shape index (κ3) is 4.86. The number of sulfonamides is 1. The lowest BCUT2D eigenvalue weighted by Crippen LogP contribution is -2.50. The van der Waals surface area contributed by atoms with Crippen LogP contribution < -0.4 is 4.72 Å². The summed E-state index contributed by atoms with van der Waals surface area (Å²) in [5, 5.41) is -0.483. The fraction of sp³-hybridized carbons (Fsp3) is 0.650. The summed E-state index contributed by atoms with van der Waals surface area (Å²) < 4.78 is 28.3. The maximum absolute atomic E-state index is 12.7. The van der Waals surface area contributed by atoms with Crippen molar-refractivity contribution in [3.8, 4) is 0 Å². The van der Waals surface area contributed by atoms with Crippen molar-refractivity contribution in [1.82, 2.24) is 9.62 Å². The maximum atomic E-state index is 12.7. The minimum absolute atomic E-state index is 0.0232. The summed E-state index contributed by atoms with van der Waals surface area (Å²) in [5.41, 5.74) is 2.24. The molecule has 3 rings (SSSR count). The summed E-state index contributed by atoms with van der Waals surface area (Å²) >= 11 is 0. The molecule has 1 aliphatic heterocycles. The van der Waals surface area contributed by atoms with E-state index >= 15 is 0 Å². The molecule has 0 radical (unpaired) electrons. The van der Waals surface area contributed by atoms with Crippen LogP contribution in [0, 0.1) is 0 Å². The first-order valence-electron chi connectivity index (χ1n) is 9.84. The van der Waals surface area contributed by atoms with Gasteiger partial charge in [-0.3, -0.25) is 4.79 Å². The number of hydrogen-bond donors (Lipinski definition) is 1. The number of rotatable bonds is 6. The lowest BCUT2D eigenvalue weighted by molar-refractivity contribution is -0.131. The predicted octanol–water partition coefficient (Wildman–Crippen LogP) is 2.64. The number of carbonyl (C=O) groups is 1. The normalized spacial score (nSPS) is 21.9. The first-order chi connectivity index (χ1) is 12.5. The average molecular weight is 379 g/mol. The Bertz CT molecular complexity index is 709. The molecule has 0 bridgehead atoms. The molecule has 1 saturated heterocycles. The van der Waals surface area contributed by atoms with E-state index in [2.05, 4.69) is 23.8 Å². The summed E-state index contributed by atoms with van der Waals surface area (Å²) in [6.07, 6.45) is 6.76. The highest BCUT2D eigenvalue weighted by Crippen LogP contribution is 2.22. The van der Waals surface area contributed by atoms with Crippen molar-refractivity contribution < 1.29 is 13.2 Å². The Balaban J connectivity index is 1.58. The van der Waals surface area contributed by atoms with E-state index in [9.17, 15) is 13.2 Å². The molecule has 1 unspecified atom stereocenters. The van der Waals surface area contributed by atoms with Gasteiger partial charge >= 0.3 is 0 Å². The Morgan fingerprint density at radius 3 is 2.38 bits per heavy atom. The van der Waals surface area contributed by atoms with Gasteiger partial charge < -0.3 is 4.90 Å². The molecule has 1 amide bonds. The van der Waals surface area contributed by atoms with Crippen molar-refractivity contribution in [3.63, 3.8) is 0 Å². The topological polar surface area (TPSA) is 66.5 Å². The van der Waals surface area contributed by atoms with Gasteiger partial charge in [-0.1, -0.05) is 44.0 Å². The number of benzene rings is 1. The van der Waals surface area contributed by atoms with Crippen LogP contribution in [0.15, 0.2) is 24.3 Å². The van der Waals surface area contributed by atoms with Gasteiger partial charge in [0, 0.05) is 19.1 Å². The maximum Gasteiger partial charge on any atom is 0.227 e. The van der Waals surface area contributed by atoms with Gasteiger partial charge in [0.15, 0.2) is 0 Å². The largest absolute Gasteiger partial charge is 0.341 e. The number of piperidine rings is 1. The summed E-state index contributed by atoms with van der Waals surface area (Å²) in [6, 6.07) is 8.19. The zero-order chi connectivity index (χ0) is 18.6. The van der Waals surface area contributed by atoms with E-state index in [1.165, 1.54) is 5.56 Å². The third-order valence-corrected chi connectivity index (χ3v) is 7.57. The molecular formula is C20H30N2O3S. The molecular weight excluding hydrogens is 348 g/mol. The van der Waals surface area contributed by atoms with E-state index in [-0.39, 0.29) is 11.9 Å². The molecule has 1 saturated carbocycles. The lowest BCUT2D eigenvalue weighted by Gasteiger charge is -2.33. The molecule has 144 valence electrons. The van der Waals surface area contributed by atoms with Crippen LogP contribution in [0.5, 0.6) is 0 Å². The molecule has 26 heavy (non-hydrogen) atoms. The number of likely N-dealkylation sites (tertiary alicyclic amines) is 1. The van der Waals surface area contributed by atoms with Gasteiger partial charge in [-0.05, 0) is 43.2 Å². The number of nitrogens with one attached hydrogen (secondary N) is 1. The Labute approximate surface area is 157 Å².